The van der Waals surface area contributed by atoms with Crippen molar-refractivity contribution in [1.82, 2.24) is 9.88 Å². The monoisotopic (exact) mass is 343 g/mol. The Morgan fingerprint density at radius 1 is 1.28 bits per heavy atom. The molecular formula is C20H26FN3O. The Balaban J connectivity index is 1.58. The molecule has 3 rings (SSSR count). The normalized spacial score (nSPS) is 17.4. The molecule has 25 heavy (non-hydrogen) atoms. The van der Waals surface area contributed by atoms with Gasteiger partial charge < -0.3 is 10.4 Å². The SMILES string of the molecule is C[C@@H](Nc1cccc(CN2CCC(CO)CC2)c1)c1ccc(F)cn1. The minimum Gasteiger partial charge on any atom is -0.396 e. The van der Waals surface area contributed by atoms with Crippen LogP contribution in [0.3, 0.4) is 0 Å². The summed E-state index contributed by atoms with van der Waals surface area (Å²) in [5.41, 5.74) is 3.13. The molecule has 2 N–H and O–H groups in total. The summed E-state index contributed by atoms with van der Waals surface area (Å²) >= 11 is 0. The molecule has 1 saturated heterocycles. The summed E-state index contributed by atoms with van der Waals surface area (Å²) < 4.78 is 13.0. The van der Waals surface area contributed by atoms with Gasteiger partial charge in [-0.1, -0.05) is 12.1 Å². The maximum Gasteiger partial charge on any atom is 0.141 e. The number of aliphatic hydroxyl groups excluding tert-OH is 1. The van der Waals surface area contributed by atoms with Crippen LogP contribution in [0.1, 0.15) is 37.1 Å². The second-order valence-electron chi connectivity index (χ2n) is 6.87. The zero-order valence-electron chi connectivity index (χ0n) is 14.7. The first-order valence-electron chi connectivity index (χ1n) is 8.94. The number of likely N-dealkylation sites (tertiary alicyclic amines) is 1. The molecule has 2 heterocycles. The van der Waals surface area contributed by atoms with Gasteiger partial charge in [-0.3, -0.25) is 9.88 Å². The molecule has 1 fully saturated rings. The summed E-state index contributed by atoms with van der Waals surface area (Å²) in [6.07, 6.45) is 3.39. The fraction of sp³-hybridized carbons (Fsp3) is 0.450. The lowest BCUT2D eigenvalue weighted by Crippen LogP contribution is -2.34. The van der Waals surface area contributed by atoms with Crippen molar-refractivity contribution in [3.05, 3.63) is 59.7 Å². The molecule has 0 amide bonds. The molecule has 2 aromatic rings. The second kappa shape index (κ2) is 8.41. The van der Waals surface area contributed by atoms with Gasteiger partial charge in [-0.05, 0) is 68.6 Å². The van der Waals surface area contributed by atoms with Gasteiger partial charge in [0.15, 0.2) is 0 Å². The molecular weight excluding hydrogens is 317 g/mol. The summed E-state index contributed by atoms with van der Waals surface area (Å²) in [4.78, 5) is 6.58. The lowest BCUT2D eigenvalue weighted by Gasteiger charge is -2.31. The predicted molar refractivity (Wildman–Crippen MR) is 97.8 cm³/mol. The van der Waals surface area contributed by atoms with Crippen LogP contribution in [0, 0.1) is 11.7 Å². The number of piperidine rings is 1. The van der Waals surface area contributed by atoms with Gasteiger partial charge in [0.05, 0.1) is 17.9 Å². The number of hydrogen-bond acceptors (Lipinski definition) is 4. The number of aromatic nitrogens is 1. The van der Waals surface area contributed by atoms with E-state index in [-0.39, 0.29) is 11.9 Å². The van der Waals surface area contributed by atoms with Gasteiger partial charge in [-0.15, -0.1) is 0 Å². The molecule has 1 aliphatic rings. The van der Waals surface area contributed by atoms with Crippen LogP contribution >= 0.6 is 0 Å². The predicted octanol–water partition coefficient (Wildman–Crippen LogP) is 3.60. The molecule has 134 valence electrons. The van der Waals surface area contributed by atoms with Crippen LogP contribution in [0.25, 0.3) is 0 Å². The first kappa shape index (κ1) is 17.8. The number of hydrogen-bond donors (Lipinski definition) is 2. The molecule has 0 bridgehead atoms. The number of aliphatic hydroxyl groups is 1. The van der Waals surface area contributed by atoms with Gasteiger partial charge in [-0.25, -0.2) is 4.39 Å². The van der Waals surface area contributed by atoms with E-state index in [1.807, 2.05) is 13.0 Å². The molecule has 1 aromatic carbocycles. The van der Waals surface area contributed by atoms with Gasteiger partial charge in [0.2, 0.25) is 0 Å². The quantitative estimate of drug-likeness (QED) is 0.841. The first-order chi connectivity index (χ1) is 12.1. The van der Waals surface area contributed by atoms with E-state index in [1.54, 1.807) is 6.07 Å². The van der Waals surface area contributed by atoms with Crippen LogP contribution in [0.15, 0.2) is 42.6 Å². The zero-order valence-corrected chi connectivity index (χ0v) is 14.7. The average molecular weight is 343 g/mol. The Morgan fingerprint density at radius 2 is 2.08 bits per heavy atom. The highest BCUT2D eigenvalue weighted by molar-refractivity contribution is 5.47. The van der Waals surface area contributed by atoms with Gasteiger partial charge in [-0.2, -0.15) is 0 Å². The number of nitrogens with one attached hydrogen (secondary N) is 1. The summed E-state index contributed by atoms with van der Waals surface area (Å²) in [5.74, 6) is 0.149. The number of nitrogens with zero attached hydrogens (tertiary/aromatic N) is 2. The Kier molecular flexibility index (Phi) is 6.00. The van der Waals surface area contributed by atoms with Crippen molar-refractivity contribution in [1.29, 1.82) is 0 Å². The minimum absolute atomic E-state index is 0.0103. The number of benzene rings is 1. The largest absolute Gasteiger partial charge is 0.396 e. The van der Waals surface area contributed by atoms with Crippen molar-refractivity contribution in [3.8, 4) is 0 Å². The van der Waals surface area contributed by atoms with Crippen LogP contribution in [-0.2, 0) is 6.54 Å². The third-order valence-corrected chi connectivity index (χ3v) is 4.88. The molecule has 0 radical (unpaired) electrons. The van der Waals surface area contributed by atoms with E-state index in [0.717, 1.165) is 43.9 Å². The van der Waals surface area contributed by atoms with Gasteiger partial charge in [0.25, 0.3) is 0 Å². The number of halogens is 1. The summed E-state index contributed by atoms with van der Waals surface area (Å²) in [5, 5.41) is 12.7. The minimum atomic E-state index is -0.317. The van der Waals surface area contributed by atoms with Crippen LogP contribution in [0.4, 0.5) is 10.1 Å². The Labute approximate surface area is 148 Å². The average Bonchev–Trinajstić information content (AvgIpc) is 2.63. The fourth-order valence-electron chi connectivity index (χ4n) is 3.31. The third-order valence-electron chi connectivity index (χ3n) is 4.88. The zero-order chi connectivity index (χ0) is 17.6. The van der Waals surface area contributed by atoms with Crippen molar-refractivity contribution in [2.24, 2.45) is 5.92 Å². The van der Waals surface area contributed by atoms with Crippen molar-refractivity contribution in [2.75, 3.05) is 25.0 Å². The van der Waals surface area contributed by atoms with Crippen LogP contribution in [0.2, 0.25) is 0 Å². The highest BCUT2D eigenvalue weighted by Crippen LogP contribution is 2.22. The molecule has 1 aliphatic heterocycles. The number of rotatable bonds is 6. The van der Waals surface area contributed by atoms with Crippen LogP contribution in [0.5, 0.6) is 0 Å². The van der Waals surface area contributed by atoms with Gasteiger partial charge in [0, 0.05) is 18.8 Å². The summed E-state index contributed by atoms with van der Waals surface area (Å²) in [6, 6.07) is 11.6. The van der Waals surface area contributed by atoms with Gasteiger partial charge in [0.1, 0.15) is 5.82 Å². The Bertz CT molecular complexity index is 669. The standard InChI is InChI=1S/C20H26FN3O/c1-15(20-6-5-18(21)12-22-20)23-19-4-2-3-17(11-19)13-24-9-7-16(14-25)8-10-24/h2-6,11-12,15-16,23,25H,7-10,13-14H2,1H3/t15-/m1/s1. The molecule has 0 unspecified atom stereocenters. The van der Waals surface area contributed by atoms with Gasteiger partial charge >= 0.3 is 0 Å². The highest BCUT2D eigenvalue weighted by Gasteiger charge is 2.18. The maximum atomic E-state index is 13.0. The fourth-order valence-corrected chi connectivity index (χ4v) is 3.31. The highest BCUT2D eigenvalue weighted by atomic mass is 19.1. The lowest BCUT2D eigenvalue weighted by molar-refractivity contribution is 0.127. The van der Waals surface area contributed by atoms with E-state index in [1.165, 1.54) is 17.8 Å². The summed E-state index contributed by atoms with van der Waals surface area (Å²) in [7, 11) is 0. The molecule has 1 atom stereocenters. The van der Waals surface area contributed by atoms with E-state index in [0.29, 0.717) is 12.5 Å². The molecule has 0 aliphatic carbocycles. The van der Waals surface area contributed by atoms with E-state index < -0.39 is 0 Å². The van der Waals surface area contributed by atoms with Crippen LogP contribution in [-0.4, -0.2) is 34.7 Å². The summed E-state index contributed by atoms with van der Waals surface area (Å²) in [6.45, 7) is 5.34. The van der Waals surface area contributed by atoms with E-state index in [2.05, 4.69) is 33.4 Å². The topological polar surface area (TPSA) is 48.4 Å². The number of pyridine rings is 1. The molecule has 1 aromatic heterocycles. The smallest absolute Gasteiger partial charge is 0.141 e. The van der Waals surface area contributed by atoms with Crippen molar-refractivity contribution >= 4 is 5.69 Å². The van der Waals surface area contributed by atoms with E-state index in [9.17, 15) is 9.50 Å². The van der Waals surface area contributed by atoms with Crippen LogP contribution < -0.4 is 5.32 Å². The first-order valence-corrected chi connectivity index (χ1v) is 8.94. The maximum absolute atomic E-state index is 13.0. The third kappa shape index (κ3) is 5.00. The number of anilines is 1. The molecule has 0 saturated carbocycles. The molecule has 4 nitrogen and oxygen atoms in total. The molecule has 0 spiro atoms. The van der Waals surface area contributed by atoms with Crippen molar-refractivity contribution in [3.63, 3.8) is 0 Å². The van der Waals surface area contributed by atoms with Crippen molar-refractivity contribution < 1.29 is 9.50 Å². The van der Waals surface area contributed by atoms with E-state index >= 15 is 0 Å². The Morgan fingerprint density at radius 3 is 2.76 bits per heavy atom. The Hall–Kier alpha value is -1.98. The molecule has 5 heteroatoms. The van der Waals surface area contributed by atoms with Crippen molar-refractivity contribution in [2.45, 2.75) is 32.4 Å². The second-order valence-corrected chi connectivity index (χ2v) is 6.87. The lowest BCUT2D eigenvalue weighted by atomic mass is 9.97. The van der Waals surface area contributed by atoms with E-state index in [4.69, 9.17) is 0 Å².